The van der Waals surface area contributed by atoms with Crippen LogP contribution in [0.2, 0.25) is 10.0 Å². The summed E-state index contributed by atoms with van der Waals surface area (Å²) in [7, 11) is 0. The first-order chi connectivity index (χ1) is 9.97. The Bertz CT molecular complexity index is 695. The minimum atomic E-state index is -0.594. The molecule has 1 heterocycles. The third kappa shape index (κ3) is 3.00. The number of imide groups is 1. The smallest absolute Gasteiger partial charge is 0.277 e. The number of anilines is 1. The second-order valence-corrected chi connectivity index (χ2v) is 4.97. The average Bonchev–Trinajstić information content (AvgIpc) is 2.69. The highest BCUT2D eigenvalue weighted by atomic mass is 35.5. The first-order valence-corrected chi connectivity index (χ1v) is 6.58. The summed E-state index contributed by atoms with van der Waals surface area (Å²) in [6.07, 6.45) is 1.09. The zero-order valence-electron chi connectivity index (χ0n) is 10.6. The number of β-amino-alcohol motifs (C(OH)–C–C–N with tert-alkyl or cyclic N) is 1. The van der Waals surface area contributed by atoms with Gasteiger partial charge in [0.1, 0.15) is 11.8 Å². The van der Waals surface area contributed by atoms with Gasteiger partial charge in [0.25, 0.3) is 11.8 Å². The number of carbonyl (C=O) groups is 2. The molecule has 21 heavy (non-hydrogen) atoms. The van der Waals surface area contributed by atoms with Gasteiger partial charge in [-0.3, -0.25) is 14.5 Å². The lowest BCUT2D eigenvalue weighted by Crippen LogP contribution is -2.34. The number of benzene rings is 1. The van der Waals surface area contributed by atoms with E-state index >= 15 is 0 Å². The third-order valence-electron chi connectivity index (χ3n) is 2.77. The van der Waals surface area contributed by atoms with Crippen LogP contribution in [0.4, 0.5) is 5.69 Å². The number of aliphatic hydroxyl groups excluding tert-OH is 1. The number of amides is 2. The molecule has 1 aromatic rings. The number of aliphatic hydroxyl groups is 1. The van der Waals surface area contributed by atoms with Crippen LogP contribution in [0, 0.1) is 11.3 Å². The van der Waals surface area contributed by atoms with Crippen LogP contribution in [0.3, 0.4) is 0 Å². The monoisotopic (exact) mass is 325 g/mol. The van der Waals surface area contributed by atoms with Crippen LogP contribution in [0.5, 0.6) is 0 Å². The van der Waals surface area contributed by atoms with Crippen molar-refractivity contribution in [3.05, 3.63) is 39.5 Å². The van der Waals surface area contributed by atoms with Crippen LogP contribution >= 0.6 is 23.2 Å². The number of halogens is 2. The van der Waals surface area contributed by atoms with Crippen molar-refractivity contribution in [1.82, 2.24) is 4.90 Å². The Morgan fingerprint density at radius 2 is 2.05 bits per heavy atom. The molecule has 0 unspecified atom stereocenters. The number of nitriles is 1. The van der Waals surface area contributed by atoms with Crippen LogP contribution in [-0.2, 0) is 9.59 Å². The van der Waals surface area contributed by atoms with Crippen molar-refractivity contribution in [2.75, 3.05) is 18.5 Å². The maximum Gasteiger partial charge on any atom is 0.277 e. The highest BCUT2D eigenvalue weighted by molar-refractivity contribution is 6.37. The normalized spacial score (nSPS) is 14.2. The fraction of sp³-hybridized carbons (Fsp3) is 0.154. The molecule has 2 N–H and O–H groups in total. The number of hydrogen-bond acceptors (Lipinski definition) is 5. The highest BCUT2D eigenvalue weighted by Crippen LogP contribution is 2.31. The van der Waals surface area contributed by atoms with Gasteiger partial charge in [0, 0.05) is 11.1 Å². The summed E-state index contributed by atoms with van der Waals surface area (Å²) < 4.78 is 0. The quantitative estimate of drug-likeness (QED) is 0.818. The molecule has 1 aliphatic heterocycles. The maximum absolute atomic E-state index is 12.0. The molecule has 0 aromatic heterocycles. The van der Waals surface area contributed by atoms with E-state index in [2.05, 4.69) is 5.32 Å². The lowest BCUT2D eigenvalue weighted by atomic mass is 10.2. The van der Waals surface area contributed by atoms with E-state index in [0.29, 0.717) is 0 Å². The van der Waals surface area contributed by atoms with Crippen LogP contribution in [0.25, 0.3) is 0 Å². The van der Waals surface area contributed by atoms with Crippen LogP contribution < -0.4 is 5.32 Å². The van der Waals surface area contributed by atoms with E-state index in [0.717, 1.165) is 11.0 Å². The summed E-state index contributed by atoms with van der Waals surface area (Å²) >= 11 is 11.8. The van der Waals surface area contributed by atoms with Crippen molar-refractivity contribution in [1.29, 1.82) is 5.26 Å². The van der Waals surface area contributed by atoms with E-state index < -0.39 is 11.8 Å². The van der Waals surface area contributed by atoms with Crippen molar-refractivity contribution in [2.24, 2.45) is 0 Å². The van der Waals surface area contributed by atoms with Crippen molar-refractivity contribution < 1.29 is 14.7 Å². The van der Waals surface area contributed by atoms with Gasteiger partial charge in [-0.05, 0) is 12.1 Å². The lowest BCUT2D eigenvalue weighted by molar-refractivity contribution is -0.137. The van der Waals surface area contributed by atoms with Gasteiger partial charge in [0.15, 0.2) is 0 Å². The fourth-order valence-corrected chi connectivity index (χ4v) is 2.37. The summed E-state index contributed by atoms with van der Waals surface area (Å²) in [6.45, 7) is -0.428. The molecule has 0 saturated heterocycles. The number of nitrogens with one attached hydrogen (secondary N) is 1. The molecule has 108 valence electrons. The van der Waals surface area contributed by atoms with E-state index in [1.165, 1.54) is 12.1 Å². The van der Waals surface area contributed by atoms with Gasteiger partial charge in [-0.1, -0.05) is 23.2 Å². The van der Waals surface area contributed by atoms with Crippen molar-refractivity contribution in [3.8, 4) is 6.07 Å². The van der Waals surface area contributed by atoms with Crippen LogP contribution in [0.1, 0.15) is 5.56 Å². The molecule has 0 bridgehead atoms. The zero-order chi connectivity index (χ0) is 15.6. The number of nitrogens with zero attached hydrogens (tertiary/aromatic N) is 2. The summed E-state index contributed by atoms with van der Waals surface area (Å²) in [5, 5.41) is 21.0. The second-order valence-electron chi connectivity index (χ2n) is 4.12. The predicted molar refractivity (Wildman–Crippen MR) is 76.7 cm³/mol. The fourth-order valence-electron chi connectivity index (χ4n) is 1.83. The molecule has 1 aromatic carbocycles. The molecule has 6 nitrogen and oxygen atoms in total. The molecule has 0 saturated carbocycles. The summed E-state index contributed by atoms with van der Waals surface area (Å²) in [5.74, 6) is -1.14. The molecule has 0 aliphatic carbocycles. The molecular formula is C13H9Cl2N3O3. The maximum atomic E-state index is 12.0. The highest BCUT2D eigenvalue weighted by Gasteiger charge is 2.31. The molecule has 0 fully saturated rings. The Morgan fingerprint density at radius 3 is 2.67 bits per heavy atom. The topological polar surface area (TPSA) is 93.4 Å². The Kier molecular flexibility index (Phi) is 4.48. The van der Waals surface area contributed by atoms with E-state index in [-0.39, 0.29) is 40.1 Å². The Morgan fingerprint density at radius 1 is 1.33 bits per heavy atom. The largest absolute Gasteiger partial charge is 0.395 e. The standard InChI is InChI=1S/C13H9Cl2N3O3/c14-8-3-7(6-16)12(9(15)4-8)17-10-5-11(20)18(1-2-19)13(10)21/h3-5,17,19H,1-2H2. The number of rotatable bonds is 4. The van der Waals surface area contributed by atoms with Gasteiger partial charge in [-0.15, -0.1) is 0 Å². The van der Waals surface area contributed by atoms with Gasteiger partial charge >= 0.3 is 0 Å². The average molecular weight is 326 g/mol. The molecular weight excluding hydrogens is 317 g/mol. The molecule has 1 aliphatic rings. The first kappa shape index (κ1) is 15.3. The second kappa shape index (κ2) is 6.14. The first-order valence-electron chi connectivity index (χ1n) is 5.82. The van der Waals surface area contributed by atoms with Gasteiger partial charge < -0.3 is 10.4 Å². The van der Waals surface area contributed by atoms with E-state index in [9.17, 15) is 9.59 Å². The van der Waals surface area contributed by atoms with Crippen LogP contribution in [0.15, 0.2) is 23.9 Å². The number of hydrogen-bond donors (Lipinski definition) is 2. The molecule has 0 spiro atoms. The van der Waals surface area contributed by atoms with Gasteiger partial charge in [-0.25, -0.2) is 0 Å². The van der Waals surface area contributed by atoms with Gasteiger partial charge in [0.05, 0.1) is 29.4 Å². The van der Waals surface area contributed by atoms with Crippen molar-refractivity contribution >= 4 is 40.7 Å². The van der Waals surface area contributed by atoms with Crippen molar-refractivity contribution in [3.63, 3.8) is 0 Å². The summed E-state index contributed by atoms with van der Waals surface area (Å²) in [5.41, 5.74) is 0.324. The SMILES string of the molecule is N#Cc1cc(Cl)cc(Cl)c1NC1=CC(=O)N(CCO)C1=O. The zero-order valence-corrected chi connectivity index (χ0v) is 12.1. The molecule has 2 rings (SSSR count). The molecule has 2 amide bonds. The van der Waals surface area contributed by atoms with Crippen LogP contribution in [-0.4, -0.2) is 35.0 Å². The minimum Gasteiger partial charge on any atom is -0.395 e. The predicted octanol–water partition coefficient (Wildman–Crippen LogP) is 1.52. The third-order valence-corrected chi connectivity index (χ3v) is 3.28. The Balaban J connectivity index is 2.32. The molecule has 0 atom stereocenters. The lowest BCUT2D eigenvalue weighted by Gasteiger charge is -2.14. The van der Waals surface area contributed by atoms with E-state index in [4.69, 9.17) is 33.6 Å². The van der Waals surface area contributed by atoms with E-state index in [1.54, 1.807) is 0 Å². The molecule has 0 radical (unpaired) electrons. The van der Waals surface area contributed by atoms with Crippen molar-refractivity contribution in [2.45, 2.75) is 0 Å². The van der Waals surface area contributed by atoms with Gasteiger partial charge in [0.2, 0.25) is 0 Å². The Hall–Kier alpha value is -2.07. The molecule has 8 heteroatoms. The summed E-state index contributed by atoms with van der Waals surface area (Å²) in [6, 6.07) is 4.71. The summed E-state index contributed by atoms with van der Waals surface area (Å²) in [4.78, 5) is 24.5. The van der Waals surface area contributed by atoms with Gasteiger partial charge in [-0.2, -0.15) is 5.26 Å². The van der Waals surface area contributed by atoms with E-state index in [1.807, 2.05) is 6.07 Å². The minimum absolute atomic E-state index is 0.0193. The Labute approximate surface area is 130 Å². The number of carbonyl (C=O) groups excluding carboxylic acids is 2.